The second-order valence-corrected chi connectivity index (χ2v) is 12.9. The number of anilines is 4. The van der Waals surface area contributed by atoms with Crippen LogP contribution in [-0.2, 0) is 9.59 Å². The lowest BCUT2D eigenvalue weighted by Crippen LogP contribution is -2.53. The first-order valence-corrected chi connectivity index (χ1v) is 15.5. The van der Waals surface area contributed by atoms with E-state index in [1.807, 2.05) is 22.5 Å². The number of hydrogen-bond donors (Lipinski definition) is 3. The summed E-state index contributed by atoms with van der Waals surface area (Å²) in [5.41, 5.74) is 4.13. The van der Waals surface area contributed by atoms with Gasteiger partial charge in [-0.25, -0.2) is 4.98 Å². The van der Waals surface area contributed by atoms with Crippen molar-refractivity contribution in [1.82, 2.24) is 30.2 Å². The number of thiazole rings is 1. The van der Waals surface area contributed by atoms with Crippen molar-refractivity contribution in [2.45, 2.75) is 46.0 Å². The molecule has 3 saturated carbocycles. The second-order valence-electron chi connectivity index (χ2n) is 12.1. The Balaban J connectivity index is 1.17. The normalized spacial score (nSPS) is 23.1. The number of amides is 2. The third kappa shape index (κ3) is 5.79. The van der Waals surface area contributed by atoms with Crippen LogP contribution in [0.2, 0.25) is 0 Å². The molecule has 0 radical (unpaired) electrons. The highest BCUT2D eigenvalue weighted by Gasteiger charge is 2.53. The lowest BCUT2D eigenvalue weighted by molar-refractivity contribution is -0.133. The van der Waals surface area contributed by atoms with Crippen LogP contribution in [0, 0.1) is 23.2 Å². The molecule has 4 fully saturated rings. The number of piperazine rings is 1. The largest absolute Gasteiger partial charge is 0.359 e. The van der Waals surface area contributed by atoms with Crippen molar-refractivity contribution in [1.29, 1.82) is 0 Å². The van der Waals surface area contributed by atoms with Gasteiger partial charge in [0.05, 0.1) is 15.7 Å². The number of carbonyl (C=O) groups is 2. The van der Waals surface area contributed by atoms with E-state index in [9.17, 15) is 9.59 Å². The lowest BCUT2D eigenvalue weighted by Gasteiger charge is -2.60. The minimum Gasteiger partial charge on any atom is -0.359 e. The molecule has 11 nitrogen and oxygen atoms in total. The van der Waals surface area contributed by atoms with Crippen LogP contribution in [0.4, 0.5) is 23.5 Å². The van der Waals surface area contributed by atoms with E-state index in [1.54, 1.807) is 18.4 Å². The number of rotatable bonds is 9. The first-order valence-electron chi connectivity index (χ1n) is 14.6. The summed E-state index contributed by atoms with van der Waals surface area (Å²) in [7, 11) is 1.59. The van der Waals surface area contributed by atoms with Gasteiger partial charge in [0.25, 0.3) is 0 Å². The smallest absolute Gasteiger partial charge is 0.233 e. The number of carbonyl (C=O) groups excluding carboxylic acids is 2. The predicted octanol–water partition coefficient (Wildman–Crippen LogP) is 3.88. The van der Waals surface area contributed by atoms with Crippen molar-refractivity contribution >= 4 is 56.9 Å². The number of aromatic nitrogens is 4. The van der Waals surface area contributed by atoms with Crippen molar-refractivity contribution < 1.29 is 9.59 Å². The summed E-state index contributed by atoms with van der Waals surface area (Å²) in [5, 5.41) is 9.51. The number of nitrogens with one attached hydrogen (secondary N) is 3. The molecular formula is C29H39N9O2S. The van der Waals surface area contributed by atoms with Crippen molar-refractivity contribution in [2.75, 3.05) is 55.3 Å². The quantitative estimate of drug-likeness (QED) is 0.347. The lowest BCUT2D eigenvalue weighted by atomic mass is 9.45. The minimum atomic E-state index is -0.120. The van der Waals surface area contributed by atoms with Crippen LogP contribution >= 0.6 is 11.3 Å². The van der Waals surface area contributed by atoms with Gasteiger partial charge in [0, 0.05) is 58.3 Å². The molecule has 3 aromatic rings. The molecule has 3 atom stereocenters. The average Bonchev–Trinajstić information content (AvgIpc) is 3.46. The Morgan fingerprint density at radius 1 is 1.05 bits per heavy atom. The summed E-state index contributed by atoms with van der Waals surface area (Å²) in [5.74, 6) is 3.75. The van der Waals surface area contributed by atoms with Crippen LogP contribution in [0.3, 0.4) is 0 Å². The molecule has 7 rings (SSSR count). The molecule has 1 saturated heterocycles. The molecule has 3 N–H and O–H groups in total. The molecule has 41 heavy (non-hydrogen) atoms. The third-order valence-electron chi connectivity index (χ3n) is 9.49. The molecule has 2 bridgehead atoms. The van der Waals surface area contributed by atoms with E-state index < -0.39 is 0 Å². The van der Waals surface area contributed by atoms with Gasteiger partial charge in [0.15, 0.2) is 0 Å². The van der Waals surface area contributed by atoms with E-state index in [4.69, 9.17) is 15.0 Å². The van der Waals surface area contributed by atoms with Gasteiger partial charge < -0.3 is 25.8 Å². The Kier molecular flexibility index (Phi) is 7.67. The monoisotopic (exact) mass is 577 g/mol. The SMILES string of the molecule is CNC(=O)CCC(=O)N1CCN(c2nc(NCC3CCC4CC3C4(C)C)nc(Nc3ccc4ncsc4c3)n2)CC1. The van der Waals surface area contributed by atoms with Crippen LogP contribution in [0.15, 0.2) is 23.7 Å². The summed E-state index contributed by atoms with van der Waals surface area (Å²) in [6.07, 6.45) is 4.31. The molecule has 4 aliphatic rings. The predicted molar refractivity (Wildman–Crippen MR) is 161 cm³/mol. The van der Waals surface area contributed by atoms with E-state index in [2.05, 4.69) is 45.7 Å². The van der Waals surface area contributed by atoms with Crippen molar-refractivity contribution in [3.63, 3.8) is 0 Å². The molecule has 1 aromatic carbocycles. The third-order valence-corrected chi connectivity index (χ3v) is 10.3. The second kappa shape index (κ2) is 11.4. The molecule has 218 valence electrons. The maximum absolute atomic E-state index is 12.6. The number of hydrogen-bond acceptors (Lipinski definition) is 10. The van der Waals surface area contributed by atoms with E-state index in [1.165, 1.54) is 19.3 Å². The molecule has 12 heteroatoms. The van der Waals surface area contributed by atoms with E-state index >= 15 is 0 Å². The van der Waals surface area contributed by atoms with Gasteiger partial charge in [0.1, 0.15) is 0 Å². The summed E-state index contributed by atoms with van der Waals surface area (Å²) in [4.78, 5) is 46.8. The summed E-state index contributed by atoms with van der Waals surface area (Å²) < 4.78 is 1.10. The topological polar surface area (TPSA) is 128 Å². The highest BCUT2D eigenvalue weighted by molar-refractivity contribution is 7.16. The van der Waals surface area contributed by atoms with Crippen LogP contribution in [0.5, 0.6) is 0 Å². The van der Waals surface area contributed by atoms with Gasteiger partial charge in [-0.3, -0.25) is 9.59 Å². The molecule has 1 aliphatic heterocycles. The summed E-state index contributed by atoms with van der Waals surface area (Å²) in [6.45, 7) is 8.04. The van der Waals surface area contributed by atoms with Crippen LogP contribution in [0.25, 0.3) is 10.2 Å². The molecule has 2 aromatic heterocycles. The molecular weight excluding hydrogens is 538 g/mol. The van der Waals surface area contributed by atoms with Gasteiger partial charge in [-0.2, -0.15) is 15.0 Å². The van der Waals surface area contributed by atoms with E-state index in [-0.39, 0.29) is 24.7 Å². The maximum atomic E-state index is 12.6. The maximum Gasteiger partial charge on any atom is 0.233 e. The summed E-state index contributed by atoms with van der Waals surface area (Å²) in [6, 6.07) is 6.04. The average molecular weight is 578 g/mol. The first-order chi connectivity index (χ1) is 19.8. The zero-order valence-electron chi connectivity index (χ0n) is 24.0. The Bertz CT molecular complexity index is 1420. The summed E-state index contributed by atoms with van der Waals surface area (Å²) >= 11 is 1.60. The molecule has 2 amide bonds. The highest BCUT2D eigenvalue weighted by Crippen LogP contribution is 2.61. The minimum absolute atomic E-state index is 0.000654. The Labute approximate surface area is 244 Å². The highest BCUT2D eigenvalue weighted by atomic mass is 32.1. The van der Waals surface area contributed by atoms with Crippen LogP contribution in [0.1, 0.15) is 46.0 Å². The Hall–Kier alpha value is -3.54. The van der Waals surface area contributed by atoms with E-state index in [0.29, 0.717) is 55.4 Å². The van der Waals surface area contributed by atoms with Crippen molar-refractivity contribution in [3.05, 3.63) is 23.7 Å². The van der Waals surface area contributed by atoms with Crippen molar-refractivity contribution in [3.8, 4) is 0 Å². The van der Waals surface area contributed by atoms with E-state index in [0.717, 1.165) is 34.3 Å². The molecule has 3 aliphatic carbocycles. The van der Waals surface area contributed by atoms with Gasteiger partial charge in [-0.05, 0) is 60.6 Å². The van der Waals surface area contributed by atoms with Gasteiger partial charge >= 0.3 is 0 Å². The molecule has 0 spiro atoms. The van der Waals surface area contributed by atoms with Crippen molar-refractivity contribution in [2.24, 2.45) is 23.2 Å². The fraction of sp³-hybridized carbons (Fsp3) is 0.586. The Morgan fingerprint density at radius 3 is 2.61 bits per heavy atom. The first kappa shape index (κ1) is 27.6. The fourth-order valence-corrected chi connectivity index (χ4v) is 7.51. The van der Waals surface area contributed by atoms with Crippen LogP contribution < -0.4 is 20.9 Å². The Morgan fingerprint density at radius 2 is 1.85 bits per heavy atom. The molecule has 3 heterocycles. The van der Waals surface area contributed by atoms with Gasteiger partial charge in [-0.1, -0.05) is 13.8 Å². The zero-order valence-corrected chi connectivity index (χ0v) is 24.8. The molecule has 3 unspecified atom stereocenters. The van der Waals surface area contributed by atoms with Gasteiger partial charge in [0.2, 0.25) is 29.7 Å². The van der Waals surface area contributed by atoms with Crippen LogP contribution in [-0.4, -0.2) is 76.4 Å². The fourth-order valence-electron chi connectivity index (χ4n) is 6.79. The number of benzene rings is 1. The number of nitrogens with zero attached hydrogens (tertiary/aromatic N) is 6. The number of fused-ring (bicyclic) bond motifs is 3. The van der Waals surface area contributed by atoms with Gasteiger partial charge in [-0.15, -0.1) is 11.3 Å². The zero-order chi connectivity index (χ0) is 28.6. The standard InChI is InChI=1S/C29H39N9O2S/c1-29(2)19-5-4-18(21(29)14-19)16-31-26-34-27(33-20-6-7-22-23(15-20)41-17-32-22)36-28(35-26)38-12-10-37(11-13-38)25(40)9-8-24(39)30-3/h6-7,15,17-19,21H,4-5,8-14,16H2,1-3H3,(H,30,39)(H2,31,33,34,35,36).